The molecule has 0 radical (unpaired) electrons. The van der Waals surface area contributed by atoms with E-state index in [1.54, 1.807) is 11.5 Å². The minimum absolute atomic E-state index is 0.0545. The molecule has 0 bridgehead atoms. The Morgan fingerprint density at radius 3 is 2.00 bits per heavy atom. The van der Waals surface area contributed by atoms with Crippen LogP contribution in [-0.4, -0.2) is 57.9 Å². The summed E-state index contributed by atoms with van der Waals surface area (Å²) in [5.41, 5.74) is -1.72. The van der Waals surface area contributed by atoms with E-state index in [9.17, 15) is 4.79 Å². The van der Waals surface area contributed by atoms with Crippen LogP contribution in [0, 0.1) is 0 Å². The van der Waals surface area contributed by atoms with E-state index >= 15 is 0 Å². The van der Waals surface area contributed by atoms with E-state index in [1.165, 1.54) is 0 Å². The second-order valence-corrected chi connectivity index (χ2v) is 9.20. The summed E-state index contributed by atoms with van der Waals surface area (Å²) in [5.74, 6) is 0.0545. The van der Waals surface area contributed by atoms with Gasteiger partial charge in [-0.15, -0.1) is 0 Å². The Balaban J connectivity index is 2.62. The van der Waals surface area contributed by atoms with Gasteiger partial charge >= 0.3 is 0 Å². The van der Waals surface area contributed by atoms with Crippen LogP contribution in [0.1, 0.15) is 68.2 Å². The van der Waals surface area contributed by atoms with E-state index in [0.717, 1.165) is 12.8 Å². The highest BCUT2D eigenvalue weighted by atomic mass is 35.5. The van der Waals surface area contributed by atoms with Crippen molar-refractivity contribution in [3.63, 3.8) is 0 Å². The summed E-state index contributed by atoms with van der Waals surface area (Å²) < 4.78 is 13.1. The predicted octanol–water partition coefficient (Wildman–Crippen LogP) is 3.80. The number of methoxy groups -OCH3 is 1. The van der Waals surface area contributed by atoms with Gasteiger partial charge in [-0.2, -0.15) is 4.42 Å². The number of hydrogen-bond donors (Lipinski definition) is 0. The Bertz CT molecular complexity index is 461. The first-order valence-electron chi connectivity index (χ1n) is 8.65. The molecule has 0 saturated carbocycles. The van der Waals surface area contributed by atoms with E-state index in [-0.39, 0.29) is 17.1 Å². The predicted molar refractivity (Wildman–Crippen MR) is 97.9 cm³/mol. The van der Waals surface area contributed by atoms with Gasteiger partial charge < -0.3 is 14.4 Å². The fourth-order valence-electron chi connectivity index (χ4n) is 2.96. The van der Waals surface area contributed by atoms with E-state index in [4.69, 9.17) is 21.3 Å². The van der Waals surface area contributed by atoms with Gasteiger partial charge in [-0.1, -0.05) is 0 Å². The highest BCUT2D eigenvalue weighted by Crippen LogP contribution is 2.40. The summed E-state index contributed by atoms with van der Waals surface area (Å²) in [6.07, 6.45) is 1.57. The summed E-state index contributed by atoms with van der Waals surface area (Å²) in [5, 5.41) is 0. The minimum Gasteiger partial charge on any atom is -0.379 e. The molecule has 142 valence electrons. The molecule has 0 aromatic carbocycles. The molecular weight excluding hydrogens is 328 g/mol. The van der Waals surface area contributed by atoms with Crippen molar-refractivity contribution in [1.29, 1.82) is 0 Å². The van der Waals surface area contributed by atoms with Crippen molar-refractivity contribution >= 4 is 17.7 Å². The standard InChI is InChI=1S/C18H35ClN2O3/c1-15(2,23-9)11-13-24-16(3,4)10-12-20-14(22)17(5,6)21(19)18(20,7)8/h10-13H2,1-9H3. The summed E-state index contributed by atoms with van der Waals surface area (Å²) >= 11 is 6.41. The molecule has 0 spiro atoms. The van der Waals surface area contributed by atoms with Crippen molar-refractivity contribution in [2.75, 3.05) is 20.3 Å². The van der Waals surface area contributed by atoms with E-state index in [0.29, 0.717) is 13.2 Å². The van der Waals surface area contributed by atoms with Crippen LogP contribution in [-0.2, 0) is 14.3 Å². The molecule has 1 rings (SSSR count). The normalized spacial score (nSPS) is 21.6. The molecule has 0 N–H and O–H groups in total. The maximum atomic E-state index is 12.7. The number of halogens is 1. The molecule has 1 amide bonds. The highest BCUT2D eigenvalue weighted by Gasteiger charge is 2.56. The Morgan fingerprint density at radius 1 is 1.04 bits per heavy atom. The molecule has 0 aromatic heterocycles. The van der Waals surface area contributed by atoms with Crippen molar-refractivity contribution in [1.82, 2.24) is 9.32 Å². The van der Waals surface area contributed by atoms with Gasteiger partial charge in [-0.25, -0.2) is 0 Å². The number of nitrogens with zero attached hydrogens (tertiary/aromatic N) is 2. The number of hydrogen-bond acceptors (Lipinski definition) is 4. The summed E-state index contributed by atoms with van der Waals surface area (Å²) in [6.45, 7) is 17.1. The Morgan fingerprint density at radius 2 is 1.58 bits per heavy atom. The van der Waals surface area contributed by atoms with Gasteiger partial charge in [0.25, 0.3) is 0 Å². The molecule has 5 nitrogen and oxygen atoms in total. The zero-order valence-electron chi connectivity index (χ0n) is 16.8. The molecule has 1 aliphatic rings. The lowest BCUT2D eigenvalue weighted by Crippen LogP contribution is -2.48. The topological polar surface area (TPSA) is 42.0 Å². The maximum Gasteiger partial charge on any atom is 0.245 e. The van der Waals surface area contributed by atoms with Crippen molar-refractivity contribution < 1.29 is 14.3 Å². The molecule has 1 fully saturated rings. The average Bonchev–Trinajstić information content (AvgIpc) is 2.55. The fraction of sp³-hybridized carbons (Fsp3) is 0.944. The number of amides is 1. The van der Waals surface area contributed by atoms with Crippen LogP contribution in [0.15, 0.2) is 0 Å². The summed E-state index contributed by atoms with van der Waals surface area (Å²) in [7, 11) is 1.71. The lowest BCUT2D eigenvalue weighted by Gasteiger charge is -2.37. The van der Waals surface area contributed by atoms with Crippen LogP contribution in [0.2, 0.25) is 0 Å². The molecule has 1 heterocycles. The van der Waals surface area contributed by atoms with Crippen LogP contribution in [0.3, 0.4) is 0 Å². The molecule has 0 atom stereocenters. The second-order valence-electron chi connectivity index (χ2n) is 8.86. The molecule has 0 unspecified atom stereocenters. The van der Waals surface area contributed by atoms with Gasteiger partial charge in [-0.3, -0.25) is 4.79 Å². The molecule has 1 saturated heterocycles. The van der Waals surface area contributed by atoms with Crippen molar-refractivity contribution in [3.8, 4) is 0 Å². The lowest BCUT2D eigenvalue weighted by molar-refractivity contribution is -0.134. The molecule has 1 aliphatic heterocycles. The largest absolute Gasteiger partial charge is 0.379 e. The van der Waals surface area contributed by atoms with Gasteiger partial charge in [0, 0.05) is 13.7 Å². The Labute approximate surface area is 152 Å². The first-order chi connectivity index (χ1) is 10.7. The molecule has 0 aliphatic carbocycles. The van der Waals surface area contributed by atoms with Gasteiger partial charge in [-0.05, 0) is 80.0 Å². The van der Waals surface area contributed by atoms with Crippen molar-refractivity contribution in [3.05, 3.63) is 0 Å². The van der Waals surface area contributed by atoms with E-state index in [2.05, 4.69) is 13.8 Å². The van der Waals surface area contributed by atoms with Gasteiger partial charge in [0.2, 0.25) is 5.91 Å². The highest BCUT2D eigenvalue weighted by molar-refractivity contribution is 6.17. The van der Waals surface area contributed by atoms with Crippen molar-refractivity contribution in [2.24, 2.45) is 0 Å². The number of carbonyl (C=O) groups excluding carboxylic acids is 1. The third-order valence-electron chi connectivity index (χ3n) is 5.09. The van der Waals surface area contributed by atoms with E-state index < -0.39 is 11.2 Å². The SMILES string of the molecule is COC(C)(C)CCOC(C)(C)CCN1C(=O)C(C)(C)N(Cl)C1(C)C. The first-order valence-corrected chi connectivity index (χ1v) is 8.98. The van der Waals surface area contributed by atoms with E-state index in [1.807, 2.05) is 46.4 Å². The second kappa shape index (κ2) is 7.10. The van der Waals surface area contributed by atoms with Crippen LogP contribution in [0.4, 0.5) is 0 Å². The quantitative estimate of drug-likeness (QED) is 0.616. The molecule has 24 heavy (non-hydrogen) atoms. The average molecular weight is 363 g/mol. The Hall–Kier alpha value is -0.360. The Kier molecular flexibility index (Phi) is 6.42. The fourth-order valence-corrected chi connectivity index (χ4v) is 3.12. The van der Waals surface area contributed by atoms with Crippen LogP contribution in [0.5, 0.6) is 0 Å². The van der Waals surface area contributed by atoms with Crippen LogP contribution >= 0.6 is 11.8 Å². The zero-order valence-corrected chi connectivity index (χ0v) is 17.6. The third-order valence-corrected chi connectivity index (χ3v) is 5.92. The zero-order chi connectivity index (χ0) is 19.0. The molecular formula is C18H35ClN2O3. The smallest absolute Gasteiger partial charge is 0.245 e. The maximum absolute atomic E-state index is 12.7. The third kappa shape index (κ3) is 4.63. The monoisotopic (exact) mass is 362 g/mol. The minimum atomic E-state index is -0.696. The molecule has 6 heteroatoms. The van der Waals surface area contributed by atoms with Crippen LogP contribution < -0.4 is 0 Å². The lowest BCUT2D eigenvalue weighted by atomic mass is 10.0. The summed E-state index contributed by atoms with van der Waals surface area (Å²) in [4.78, 5) is 14.5. The first kappa shape index (κ1) is 21.7. The van der Waals surface area contributed by atoms with Gasteiger partial charge in [0.05, 0.1) is 17.8 Å². The number of ether oxygens (including phenoxy) is 2. The number of rotatable bonds is 8. The van der Waals surface area contributed by atoms with Gasteiger partial charge in [0.15, 0.2) is 0 Å². The van der Waals surface area contributed by atoms with Gasteiger partial charge in [0.1, 0.15) is 11.2 Å². The number of carbonyl (C=O) groups is 1. The summed E-state index contributed by atoms with van der Waals surface area (Å²) in [6, 6.07) is 0. The van der Waals surface area contributed by atoms with Crippen molar-refractivity contribution in [2.45, 2.75) is 90.6 Å². The van der Waals surface area contributed by atoms with Crippen LogP contribution in [0.25, 0.3) is 0 Å². The molecule has 0 aromatic rings.